The number of morpholine rings is 2. The predicted molar refractivity (Wildman–Crippen MR) is 315 cm³/mol. The molecule has 1 N–H and O–H groups in total. The average molecular weight is 1320 g/mol. The summed E-state index contributed by atoms with van der Waals surface area (Å²) in [5, 5.41) is 8.32. The smallest absolute Gasteiger partial charge is 0.333 e. The SMILES string of the molecule is COC(=O)C(C)(C)Br.COC(=O)C(C)(C)n1nc(S(=O)(=O)N(Cc2ccc(OC)cc2)Cc2ccc(OC)cc2)c(F)c1C(=O)N1CCOCC1.COc1ccc(CN(Cc2ccc(OC)cc2)S(=O)(=O)c2[nH]nc(C(=O)N3CCOCC3)c2F)cc1. The van der Waals surface area contributed by atoms with Gasteiger partial charge in [0.1, 0.15) is 27.3 Å². The Labute approximate surface area is 512 Å². The normalized spacial score (nSPS) is 13.8. The second-order valence-corrected chi connectivity index (χ2v) is 26.1. The summed E-state index contributed by atoms with van der Waals surface area (Å²) < 4.78 is 131. The number of ether oxygens (including phenoxy) is 8. The van der Waals surface area contributed by atoms with Gasteiger partial charge in [-0.1, -0.05) is 64.5 Å². The molecule has 24 nitrogen and oxygen atoms in total. The van der Waals surface area contributed by atoms with Crippen LogP contribution in [0.25, 0.3) is 0 Å². The van der Waals surface area contributed by atoms with Crippen molar-refractivity contribution in [3.05, 3.63) is 142 Å². The van der Waals surface area contributed by atoms with Crippen molar-refractivity contribution in [2.45, 2.75) is 73.8 Å². The van der Waals surface area contributed by atoms with Crippen LogP contribution in [-0.4, -0.2) is 179 Å². The third kappa shape index (κ3) is 17.2. The van der Waals surface area contributed by atoms with E-state index in [2.05, 4.69) is 36.0 Å². The van der Waals surface area contributed by atoms with Crippen molar-refractivity contribution < 1.29 is 82.7 Å². The van der Waals surface area contributed by atoms with Gasteiger partial charge in [-0.3, -0.25) is 19.5 Å². The molecule has 29 heteroatoms. The third-order valence-electron chi connectivity index (χ3n) is 13.6. The van der Waals surface area contributed by atoms with Crippen molar-refractivity contribution >= 4 is 59.7 Å². The molecule has 2 aliphatic heterocycles. The quantitative estimate of drug-likeness (QED) is 0.0589. The van der Waals surface area contributed by atoms with Crippen molar-refractivity contribution in [1.29, 1.82) is 0 Å². The van der Waals surface area contributed by atoms with E-state index in [9.17, 15) is 36.0 Å². The number of methoxy groups -OCH3 is 6. The Morgan fingerprint density at radius 2 is 0.897 bits per heavy atom. The van der Waals surface area contributed by atoms with Gasteiger partial charge >= 0.3 is 11.9 Å². The summed E-state index contributed by atoms with van der Waals surface area (Å²) in [6.07, 6.45) is 0. The summed E-state index contributed by atoms with van der Waals surface area (Å²) in [6.45, 7) is 7.74. The van der Waals surface area contributed by atoms with Gasteiger partial charge in [-0.15, -0.1) is 0 Å². The molecule has 0 aliphatic carbocycles. The largest absolute Gasteiger partial charge is 0.497 e. The van der Waals surface area contributed by atoms with Crippen molar-refractivity contribution in [2.75, 3.05) is 95.3 Å². The second kappa shape index (κ2) is 30.4. The van der Waals surface area contributed by atoms with Gasteiger partial charge < -0.3 is 47.7 Å². The molecule has 0 unspecified atom stereocenters. The molecule has 2 fully saturated rings. The Hall–Kier alpha value is -7.54. The molecular formula is C58H71BrF2N8O16S2. The first kappa shape index (κ1) is 68.6. The second-order valence-electron chi connectivity index (χ2n) is 20.4. The predicted octanol–water partition coefficient (Wildman–Crippen LogP) is 6.57. The fourth-order valence-corrected chi connectivity index (χ4v) is 11.5. The number of alkyl halides is 1. The minimum absolute atomic E-state index is 0.0520. The molecule has 2 saturated heterocycles. The molecule has 0 radical (unpaired) electrons. The minimum atomic E-state index is -4.70. The molecule has 0 atom stereocenters. The molecule has 0 saturated carbocycles. The van der Waals surface area contributed by atoms with Crippen LogP contribution in [0.2, 0.25) is 0 Å². The Bertz CT molecular complexity index is 3420. The zero-order chi connectivity index (χ0) is 63.9. The van der Waals surface area contributed by atoms with E-state index in [1.807, 2.05) is 0 Å². The summed E-state index contributed by atoms with van der Waals surface area (Å²) in [5.41, 5.74) is -0.435. The van der Waals surface area contributed by atoms with E-state index in [1.54, 1.807) is 111 Å². The fraction of sp³-hybridized carbons (Fsp3) is 0.414. The number of benzene rings is 4. The third-order valence-corrected chi connectivity index (χ3v) is 17.4. The maximum atomic E-state index is 16.4. The zero-order valence-electron chi connectivity index (χ0n) is 49.8. The number of H-pyrrole nitrogens is 1. The molecule has 4 heterocycles. The highest BCUT2D eigenvalue weighted by atomic mass is 79.9. The number of amides is 2. The van der Waals surface area contributed by atoms with Gasteiger partial charge in [0.2, 0.25) is 10.1 Å². The molecule has 472 valence electrons. The molecule has 87 heavy (non-hydrogen) atoms. The van der Waals surface area contributed by atoms with Gasteiger partial charge in [-0.25, -0.2) is 35.1 Å². The minimum Gasteiger partial charge on any atom is -0.497 e. The highest BCUT2D eigenvalue weighted by Crippen LogP contribution is 2.32. The van der Waals surface area contributed by atoms with E-state index >= 15 is 8.78 Å². The Balaban J connectivity index is 0.000000250. The number of carbonyl (C=O) groups excluding carboxylic acids is 4. The molecule has 0 spiro atoms. The number of rotatable bonds is 21. The Morgan fingerprint density at radius 3 is 1.22 bits per heavy atom. The number of aromatic nitrogens is 4. The number of esters is 2. The maximum Gasteiger partial charge on any atom is 0.333 e. The number of carbonyl (C=O) groups is 4. The number of nitrogens with zero attached hydrogens (tertiary/aromatic N) is 7. The van der Waals surface area contributed by atoms with E-state index in [0.717, 1.165) is 20.4 Å². The van der Waals surface area contributed by atoms with Gasteiger partial charge in [0.15, 0.2) is 28.6 Å². The van der Waals surface area contributed by atoms with Gasteiger partial charge in [-0.2, -0.15) is 18.8 Å². The average Bonchev–Trinajstić information content (AvgIpc) is 1.68. The van der Waals surface area contributed by atoms with Crippen molar-refractivity contribution in [3.8, 4) is 23.0 Å². The zero-order valence-corrected chi connectivity index (χ0v) is 53.1. The Morgan fingerprint density at radius 1 is 0.552 bits per heavy atom. The highest BCUT2D eigenvalue weighted by Gasteiger charge is 2.44. The van der Waals surface area contributed by atoms with Gasteiger partial charge in [0.25, 0.3) is 31.9 Å². The van der Waals surface area contributed by atoms with Crippen LogP contribution in [-0.2, 0) is 80.3 Å². The summed E-state index contributed by atoms with van der Waals surface area (Å²) in [5.74, 6) is -2.77. The van der Waals surface area contributed by atoms with Crippen LogP contribution in [0.5, 0.6) is 23.0 Å². The van der Waals surface area contributed by atoms with E-state index in [1.165, 1.54) is 59.2 Å². The molecule has 6 aromatic rings. The lowest BCUT2D eigenvalue weighted by atomic mass is 10.1. The fourth-order valence-electron chi connectivity index (χ4n) is 8.61. The monoisotopic (exact) mass is 1320 g/mol. The summed E-state index contributed by atoms with van der Waals surface area (Å²) in [6, 6.07) is 27.3. The van der Waals surface area contributed by atoms with Crippen LogP contribution in [0.15, 0.2) is 107 Å². The number of nitrogens with one attached hydrogen (secondary N) is 1. The number of hydrogen-bond acceptors (Lipinski definition) is 18. The van der Waals surface area contributed by atoms with Crippen LogP contribution in [0.3, 0.4) is 0 Å². The van der Waals surface area contributed by atoms with Gasteiger partial charge in [-0.05, 0) is 98.5 Å². The number of sulfonamides is 2. The molecule has 8 rings (SSSR count). The first-order valence-electron chi connectivity index (χ1n) is 26.9. The van der Waals surface area contributed by atoms with Crippen molar-refractivity contribution in [3.63, 3.8) is 0 Å². The number of hydrogen-bond donors (Lipinski definition) is 1. The van der Waals surface area contributed by atoms with Crippen LogP contribution in [0, 0.1) is 11.6 Å². The number of aromatic amines is 1. The van der Waals surface area contributed by atoms with Crippen LogP contribution in [0.4, 0.5) is 8.78 Å². The number of halogens is 3. The topological polar surface area (TPSA) is 270 Å². The van der Waals surface area contributed by atoms with Crippen molar-refractivity contribution in [1.82, 2.24) is 38.4 Å². The molecule has 2 aliphatic rings. The lowest BCUT2D eigenvalue weighted by Crippen LogP contribution is -2.45. The molecule has 2 aromatic heterocycles. The Kier molecular flexibility index (Phi) is 24.0. The van der Waals surface area contributed by atoms with E-state index in [4.69, 9.17) is 33.2 Å². The van der Waals surface area contributed by atoms with Gasteiger partial charge in [0.05, 0.1) is 69.1 Å². The van der Waals surface area contributed by atoms with Crippen LogP contribution >= 0.6 is 15.9 Å². The van der Waals surface area contributed by atoms with Crippen LogP contribution < -0.4 is 18.9 Å². The summed E-state index contributed by atoms with van der Waals surface area (Å²) in [4.78, 5) is 52.4. The highest BCUT2D eigenvalue weighted by molar-refractivity contribution is 9.10. The van der Waals surface area contributed by atoms with Gasteiger partial charge in [0, 0.05) is 52.4 Å². The lowest BCUT2D eigenvalue weighted by molar-refractivity contribution is -0.150. The summed E-state index contributed by atoms with van der Waals surface area (Å²) in [7, 11) is -0.524. The molecule has 2 amide bonds. The lowest BCUT2D eigenvalue weighted by Gasteiger charge is -2.29. The first-order valence-corrected chi connectivity index (χ1v) is 30.6. The van der Waals surface area contributed by atoms with E-state index in [0.29, 0.717) is 58.5 Å². The van der Waals surface area contributed by atoms with Crippen LogP contribution in [0.1, 0.15) is 70.9 Å². The first-order chi connectivity index (χ1) is 41.2. The standard InChI is InChI=1S/C29H35FN4O8S.C24H27FN4O6S.C5H9BrO2/c1-29(2,28(36)41-5)34-25(27(35)32-14-16-42-17-15-32)24(30)26(31-34)43(37,38)33(18-20-6-10-22(39-3)11-7-20)19-21-8-12-23(40-4)13-9-21;1-33-19-7-3-17(4-8-19)15-29(16-18-5-9-20(34-2)10-6-18)36(31,32)23-21(25)22(26-27-23)24(30)28-11-13-35-14-12-28;1-5(2,6)4(7)8-3/h6-13H,14-19H2,1-5H3;3-10H,11-16H2,1-2H3,(H,26,27);1-3H3. The molecular weight excluding hydrogens is 1250 g/mol. The molecule has 0 bridgehead atoms. The summed E-state index contributed by atoms with van der Waals surface area (Å²) >= 11 is 3.13. The van der Waals surface area contributed by atoms with E-state index in [-0.39, 0.29) is 71.5 Å². The van der Waals surface area contributed by atoms with Crippen molar-refractivity contribution in [2.24, 2.45) is 0 Å². The molecule has 4 aromatic carbocycles. The maximum absolute atomic E-state index is 16.4. The van der Waals surface area contributed by atoms with E-state index < -0.39 is 80.8 Å².